The fraction of sp³-hybridized carbons (Fsp3) is 0.333. The lowest BCUT2D eigenvalue weighted by atomic mass is 9.96. The molecule has 1 aliphatic heterocycles. The van der Waals surface area contributed by atoms with Crippen LogP contribution >= 0.6 is 0 Å². The molecule has 1 aromatic heterocycles. The number of piperidine rings is 1. The lowest BCUT2D eigenvalue weighted by Gasteiger charge is -2.29. The summed E-state index contributed by atoms with van der Waals surface area (Å²) in [4.78, 5) is 18.8. The molecule has 0 unspecified atom stereocenters. The number of carbonyl (C=O) groups is 1. The van der Waals surface area contributed by atoms with Crippen molar-refractivity contribution in [1.29, 1.82) is 0 Å². The normalized spacial score (nSPS) is 15.2. The van der Waals surface area contributed by atoms with E-state index in [2.05, 4.69) is 21.1 Å². The van der Waals surface area contributed by atoms with Gasteiger partial charge in [-0.05, 0) is 62.7 Å². The van der Waals surface area contributed by atoms with Crippen molar-refractivity contribution in [3.63, 3.8) is 0 Å². The van der Waals surface area contributed by atoms with Crippen molar-refractivity contribution in [2.75, 3.05) is 25.0 Å². The summed E-state index contributed by atoms with van der Waals surface area (Å²) in [5.41, 5.74) is 1.85. The van der Waals surface area contributed by atoms with Crippen LogP contribution < -0.4 is 10.1 Å². The Balaban J connectivity index is 1.52. The highest BCUT2D eigenvalue weighted by Crippen LogP contribution is 2.23. The Morgan fingerprint density at radius 1 is 1.27 bits per heavy atom. The second-order valence-electron chi connectivity index (χ2n) is 6.54. The average Bonchev–Trinajstić information content (AvgIpc) is 2.66. The number of anilines is 1. The second-order valence-corrected chi connectivity index (χ2v) is 6.54. The monoisotopic (exact) mass is 349 g/mol. The molecule has 5 heteroatoms. The largest absolute Gasteiger partial charge is 0.439 e. The number of hydrogen-bond acceptors (Lipinski definition) is 4. The molecule has 0 spiro atoms. The summed E-state index contributed by atoms with van der Waals surface area (Å²) in [6.07, 6.45) is 8.78. The molecule has 1 saturated heterocycles. The molecule has 0 aliphatic carbocycles. The lowest BCUT2D eigenvalue weighted by Crippen LogP contribution is -2.38. The highest BCUT2D eigenvalue weighted by Gasteiger charge is 2.24. The number of amides is 1. The van der Waals surface area contributed by atoms with Crippen LogP contribution in [0.5, 0.6) is 11.6 Å². The van der Waals surface area contributed by atoms with Gasteiger partial charge >= 0.3 is 0 Å². The van der Waals surface area contributed by atoms with Crippen molar-refractivity contribution < 1.29 is 9.53 Å². The zero-order valence-electron chi connectivity index (χ0n) is 14.9. The Hall–Kier alpha value is -2.84. The maximum atomic E-state index is 12.4. The number of nitrogens with zero attached hydrogens (tertiary/aromatic N) is 2. The molecule has 0 radical (unpaired) electrons. The van der Waals surface area contributed by atoms with Gasteiger partial charge in [0.15, 0.2) is 0 Å². The number of pyridine rings is 1. The number of aromatic nitrogens is 1. The van der Waals surface area contributed by atoms with Crippen molar-refractivity contribution in [3.8, 4) is 24.0 Å². The maximum absolute atomic E-state index is 12.4. The molecular weight excluding hydrogens is 326 g/mol. The molecule has 1 aliphatic rings. The van der Waals surface area contributed by atoms with Gasteiger partial charge in [-0.15, -0.1) is 6.42 Å². The van der Waals surface area contributed by atoms with Crippen molar-refractivity contribution in [1.82, 2.24) is 9.88 Å². The molecule has 134 valence electrons. The number of likely N-dealkylation sites (tertiary alicyclic amines) is 1. The number of aryl methyl sites for hydroxylation is 1. The third-order valence-electron chi connectivity index (χ3n) is 4.50. The van der Waals surface area contributed by atoms with Gasteiger partial charge in [0.2, 0.25) is 11.8 Å². The number of ether oxygens (including phenoxy) is 1. The first-order chi connectivity index (χ1) is 12.6. The number of rotatable bonds is 5. The topological polar surface area (TPSA) is 54.5 Å². The van der Waals surface area contributed by atoms with Gasteiger partial charge in [0, 0.05) is 23.9 Å². The second kappa shape index (κ2) is 8.50. The van der Waals surface area contributed by atoms with E-state index in [9.17, 15) is 4.79 Å². The molecule has 26 heavy (non-hydrogen) atoms. The molecule has 2 heterocycles. The average molecular weight is 349 g/mol. The van der Waals surface area contributed by atoms with Gasteiger partial charge in [0.1, 0.15) is 5.75 Å². The van der Waals surface area contributed by atoms with Crippen LogP contribution in [0.3, 0.4) is 0 Å². The van der Waals surface area contributed by atoms with Gasteiger partial charge in [-0.3, -0.25) is 9.69 Å². The van der Waals surface area contributed by atoms with Crippen molar-refractivity contribution >= 4 is 11.6 Å². The van der Waals surface area contributed by atoms with E-state index in [-0.39, 0.29) is 11.8 Å². The number of nitrogens with one attached hydrogen (secondary N) is 1. The molecular formula is C21H23N3O2. The van der Waals surface area contributed by atoms with Crippen LogP contribution in [0.2, 0.25) is 0 Å². The van der Waals surface area contributed by atoms with E-state index >= 15 is 0 Å². The first kappa shape index (κ1) is 18.0. The fourth-order valence-electron chi connectivity index (χ4n) is 2.97. The predicted octanol–water partition coefficient (Wildman–Crippen LogP) is 3.47. The number of carbonyl (C=O) groups excluding carboxylic acids is 1. The first-order valence-electron chi connectivity index (χ1n) is 8.81. The van der Waals surface area contributed by atoms with Crippen molar-refractivity contribution in [2.45, 2.75) is 19.8 Å². The van der Waals surface area contributed by atoms with Crippen LogP contribution in [-0.2, 0) is 4.79 Å². The first-order valence-corrected chi connectivity index (χ1v) is 8.81. The van der Waals surface area contributed by atoms with E-state index in [0.717, 1.165) is 37.2 Å². The molecule has 1 amide bonds. The number of terminal acetylenes is 1. The standard InChI is InChI=1S/C21H23N3O2/c1-3-12-24-13-10-17(11-14-24)21(25)23-18-5-7-19(8-6-18)26-20-9-4-16(2)15-22-20/h1,4-9,15,17H,10-14H2,2H3,(H,23,25). The minimum Gasteiger partial charge on any atom is -0.439 e. The van der Waals surface area contributed by atoms with Crippen molar-refractivity contribution in [2.24, 2.45) is 5.92 Å². The molecule has 5 nitrogen and oxygen atoms in total. The maximum Gasteiger partial charge on any atom is 0.227 e. The van der Waals surface area contributed by atoms with E-state index in [4.69, 9.17) is 11.2 Å². The van der Waals surface area contributed by atoms with Gasteiger partial charge in [-0.1, -0.05) is 12.0 Å². The highest BCUT2D eigenvalue weighted by molar-refractivity contribution is 5.92. The van der Waals surface area contributed by atoms with Crippen LogP contribution in [0.1, 0.15) is 18.4 Å². The molecule has 2 aromatic rings. The van der Waals surface area contributed by atoms with E-state index in [1.54, 1.807) is 6.20 Å². The predicted molar refractivity (Wildman–Crippen MR) is 102 cm³/mol. The van der Waals surface area contributed by atoms with Crippen LogP contribution in [0.4, 0.5) is 5.69 Å². The summed E-state index contributed by atoms with van der Waals surface area (Å²) in [6, 6.07) is 11.1. The zero-order valence-corrected chi connectivity index (χ0v) is 14.9. The molecule has 0 bridgehead atoms. The quantitative estimate of drug-likeness (QED) is 0.840. The van der Waals surface area contributed by atoms with E-state index in [0.29, 0.717) is 18.2 Å². The number of benzene rings is 1. The summed E-state index contributed by atoms with van der Waals surface area (Å²) in [7, 11) is 0. The molecule has 0 saturated carbocycles. The van der Waals surface area contributed by atoms with Gasteiger partial charge in [0.05, 0.1) is 6.54 Å². The summed E-state index contributed by atoms with van der Waals surface area (Å²) < 4.78 is 5.70. The summed E-state index contributed by atoms with van der Waals surface area (Å²) >= 11 is 0. The molecule has 1 aromatic carbocycles. The SMILES string of the molecule is C#CCN1CCC(C(=O)Nc2ccc(Oc3ccc(C)cn3)cc2)CC1. The Morgan fingerprint density at radius 2 is 2.00 bits per heavy atom. The third kappa shape index (κ3) is 4.84. The lowest BCUT2D eigenvalue weighted by molar-refractivity contribution is -0.121. The van der Waals surface area contributed by atoms with Gasteiger partial charge < -0.3 is 10.1 Å². The third-order valence-corrected chi connectivity index (χ3v) is 4.50. The Kier molecular flexibility index (Phi) is 5.88. The van der Waals surface area contributed by atoms with Crippen LogP contribution in [0.15, 0.2) is 42.6 Å². The summed E-state index contributed by atoms with van der Waals surface area (Å²) in [6.45, 7) is 4.38. The molecule has 0 atom stereocenters. The van der Waals surface area contributed by atoms with Gasteiger partial charge in [-0.25, -0.2) is 4.98 Å². The molecule has 3 rings (SSSR count). The Bertz CT molecular complexity index is 770. The number of hydrogen-bond donors (Lipinski definition) is 1. The zero-order chi connectivity index (χ0) is 18.4. The Morgan fingerprint density at radius 3 is 2.62 bits per heavy atom. The van der Waals surface area contributed by atoms with E-state index in [1.807, 2.05) is 43.3 Å². The fourth-order valence-corrected chi connectivity index (χ4v) is 2.97. The van der Waals surface area contributed by atoms with Crippen LogP contribution in [0.25, 0.3) is 0 Å². The highest BCUT2D eigenvalue weighted by atomic mass is 16.5. The van der Waals surface area contributed by atoms with E-state index in [1.165, 1.54) is 0 Å². The minimum atomic E-state index is 0.0386. The van der Waals surface area contributed by atoms with E-state index < -0.39 is 0 Å². The summed E-state index contributed by atoms with van der Waals surface area (Å²) in [5.74, 6) is 3.99. The smallest absolute Gasteiger partial charge is 0.227 e. The summed E-state index contributed by atoms with van der Waals surface area (Å²) in [5, 5.41) is 2.99. The molecule has 1 fully saturated rings. The molecule has 1 N–H and O–H groups in total. The van der Waals surface area contributed by atoms with Crippen molar-refractivity contribution in [3.05, 3.63) is 48.2 Å². The van der Waals surface area contributed by atoms with Gasteiger partial charge in [-0.2, -0.15) is 0 Å². The minimum absolute atomic E-state index is 0.0386. The van der Waals surface area contributed by atoms with Crippen LogP contribution in [-0.4, -0.2) is 35.4 Å². The Labute approximate surface area is 154 Å². The van der Waals surface area contributed by atoms with Crippen LogP contribution in [0, 0.1) is 25.2 Å². The van der Waals surface area contributed by atoms with Gasteiger partial charge in [0.25, 0.3) is 0 Å².